The molecule has 1 aromatic heterocycles. The maximum Gasteiger partial charge on any atom is 0.414 e. The number of fused-ring (bicyclic) bond motifs is 3. The number of hydrogen-bond acceptors (Lipinski definition) is 5. The second-order valence-corrected chi connectivity index (χ2v) is 7.58. The van der Waals surface area contributed by atoms with E-state index in [2.05, 4.69) is 9.71 Å². The van der Waals surface area contributed by atoms with E-state index < -0.39 is 22.0 Å². The van der Waals surface area contributed by atoms with E-state index in [0.29, 0.717) is 5.69 Å². The third-order valence-electron chi connectivity index (χ3n) is 3.71. The Balaban J connectivity index is 0.000000326. The molecule has 1 atom stereocenters. The number of aromatic amines is 1. The van der Waals surface area contributed by atoms with Gasteiger partial charge in [-0.05, 0) is 43.0 Å². The Labute approximate surface area is 143 Å². The largest absolute Gasteiger partial charge is 0.473 e. The first-order valence-corrected chi connectivity index (χ1v) is 9.29. The van der Waals surface area contributed by atoms with Gasteiger partial charge in [0.15, 0.2) is 0 Å². The van der Waals surface area contributed by atoms with Crippen molar-refractivity contribution in [3.63, 3.8) is 0 Å². The molecule has 9 nitrogen and oxygen atoms in total. The molecule has 0 saturated carbocycles. The van der Waals surface area contributed by atoms with Gasteiger partial charge in [0, 0.05) is 28.3 Å². The molecule has 10 heteroatoms. The van der Waals surface area contributed by atoms with Crippen LogP contribution in [0.1, 0.15) is 17.7 Å². The number of carboxylic acids is 2. The number of anilines is 1. The van der Waals surface area contributed by atoms with Gasteiger partial charge in [-0.2, -0.15) is 0 Å². The number of H-pyrrole nitrogens is 1. The second kappa shape index (κ2) is 7.11. The Morgan fingerprint density at radius 1 is 1.28 bits per heavy atom. The van der Waals surface area contributed by atoms with Crippen LogP contribution in [0, 0.1) is 0 Å². The van der Waals surface area contributed by atoms with E-state index >= 15 is 0 Å². The summed E-state index contributed by atoms with van der Waals surface area (Å²) < 4.78 is 25.1. The third kappa shape index (κ3) is 4.94. The first-order chi connectivity index (χ1) is 11.6. The Hall–Kier alpha value is -2.59. The van der Waals surface area contributed by atoms with Crippen LogP contribution in [0.15, 0.2) is 18.2 Å². The molecule has 0 amide bonds. The quantitative estimate of drug-likeness (QED) is 0.481. The van der Waals surface area contributed by atoms with Crippen LogP contribution in [0.5, 0.6) is 0 Å². The topological polar surface area (TPSA) is 163 Å². The fourth-order valence-electron chi connectivity index (χ4n) is 2.72. The number of aromatic nitrogens is 1. The number of hydrogen-bond donors (Lipinski definition) is 5. The van der Waals surface area contributed by atoms with Gasteiger partial charge in [-0.1, -0.05) is 0 Å². The summed E-state index contributed by atoms with van der Waals surface area (Å²) in [5.41, 5.74) is 10.1. The van der Waals surface area contributed by atoms with Crippen molar-refractivity contribution in [2.45, 2.75) is 25.3 Å². The average molecular weight is 369 g/mol. The Kier molecular flexibility index (Phi) is 5.33. The van der Waals surface area contributed by atoms with Gasteiger partial charge in [-0.15, -0.1) is 0 Å². The lowest BCUT2D eigenvalue weighted by Gasteiger charge is -2.18. The zero-order valence-electron chi connectivity index (χ0n) is 13.4. The molecule has 1 aliphatic carbocycles. The summed E-state index contributed by atoms with van der Waals surface area (Å²) >= 11 is 0. The Morgan fingerprint density at radius 2 is 1.92 bits per heavy atom. The summed E-state index contributed by atoms with van der Waals surface area (Å²) in [6.07, 6.45) is 3.95. The molecule has 1 unspecified atom stereocenters. The molecular formula is C15H19N3O6S. The zero-order chi connectivity index (χ0) is 18.8. The second-order valence-electron chi connectivity index (χ2n) is 5.83. The fourth-order valence-corrected chi connectivity index (χ4v) is 3.28. The summed E-state index contributed by atoms with van der Waals surface area (Å²) in [5.74, 6) is -3.65. The number of carboxylic acid groups (broad SMARTS) is 2. The minimum atomic E-state index is -3.25. The average Bonchev–Trinajstić information content (AvgIpc) is 2.83. The molecule has 6 N–H and O–H groups in total. The first-order valence-electron chi connectivity index (χ1n) is 7.40. The molecule has 3 rings (SSSR count). The lowest BCUT2D eigenvalue weighted by molar-refractivity contribution is -0.159. The van der Waals surface area contributed by atoms with Gasteiger partial charge in [0.1, 0.15) is 0 Å². The van der Waals surface area contributed by atoms with Crippen LogP contribution in [0.3, 0.4) is 0 Å². The SMILES string of the molecule is CS(=O)(=O)Nc1ccc2[nH]c3c(c2c1)CC(N)CC3.O=C(O)C(=O)O. The number of benzene rings is 1. The Bertz CT molecular complexity index is 907. The van der Waals surface area contributed by atoms with Crippen LogP contribution in [0.4, 0.5) is 5.69 Å². The van der Waals surface area contributed by atoms with Crippen molar-refractivity contribution < 1.29 is 28.2 Å². The van der Waals surface area contributed by atoms with Gasteiger partial charge < -0.3 is 20.9 Å². The predicted molar refractivity (Wildman–Crippen MR) is 92.0 cm³/mol. The van der Waals surface area contributed by atoms with Crippen LogP contribution in [0.2, 0.25) is 0 Å². The third-order valence-corrected chi connectivity index (χ3v) is 4.32. The van der Waals surface area contributed by atoms with Crippen molar-refractivity contribution in [3.05, 3.63) is 29.5 Å². The highest BCUT2D eigenvalue weighted by molar-refractivity contribution is 7.92. The molecule has 0 saturated heterocycles. The van der Waals surface area contributed by atoms with Gasteiger partial charge in [0.05, 0.1) is 6.26 Å². The van der Waals surface area contributed by atoms with E-state index in [9.17, 15) is 8.42 Å². The number of aliphatic carboxylic acids is 2. The summed E-state index contributed by atoms with van der Waals surface area (Å²) in [6, 6.07) is 5.75. The van der Waals surface area contributed by atoms with Gasteiger partial charge in [0.2, 0.25) is 10.0 Å². The van der Waals surface area contributed by atoms with Gasteiger partial charge in [-0.3, -0.25) is 4.72 Å². The molecule has 1 heterocycles. The smallest absolute Gasteiger partial charge is 0.414 e. The first kappa shape index (κ1) is 18.7. The molecule has 136 valence electrons. The molecule has 0 bridgehead atoms. The van der Waals surface area contributed by atoms with Crippen LogP contribution in [0.25, 0.3) is 10.9 Å². The highest BCUT2D eigenvalue weighted by Gasteiger charge is 2.20. The minimum absolute atomic E-state index is 0.193. The molecule has 0 radical (unpaired) electrons. The highest BCUT2D eigenvalue weighted by Crippen LogP contribution is 2.30. The zero-order valence-corrected chi connectivity index (χ0v) is 14.3. The summed E-state index contributed by atoms with van der Waals surface area (Å²) in [6.45, 7) is 0. The van der Waals surface area contributed by atoms with Crippen molar-refractivity contribution >= 4 is 38.6 Å². The fraction of sp³-hybridized carbons (Fsp3) is 0.333. The van der Waals surface area contributed by atoms with Gasteiger partial charge in [-0.25, -0.2) is 18.0 Å². The van der Waals surface area contributed by atoms with E-state index in [1.807, 2.05) is 12.1 Å². The molecule has 25 heavy (non-hydrogen) atoms. The number of nitrogens with one attached hydrogen (secondary N) is 2. The summed E-state index contributed by atoms with van der Waals surface area (Å²) in [5, 5.41) is 15.9. The predicted octanol–water partition coefficient (Wildman–Crippen LogP) is 0.511. The van der Waals surface area contributed by atoms with E-state index in [1.54, 1.807) is 6.07 Å². The van der Waals surface area contributed by atoms with Crippen LogP contribution < -0.4 is 10.5 Å². The van der Waals surface area contributed by atoms with Crippen molar-refractivity contribution in [3.8, 4) is 0 Å². The summed E-state index contributed by atoms with van der Waals surface area (Å²) in [7, 11) is -3.25. The van der Waals surface area contributed by atoms with Gasteiger partial charge >= 0.3 is 11.9 Å². The molecular weight excluding hydrogens is 350 g/mol. The van der Waals surface area contributed by atoms with Crippen molar-refractivity contribution in [2.24, 2.45) is 5.73 Å². The van der Waals surface area contributed by atoms with Crippen LogP contribution in [-0.4, -0.2) is 47.9 Å². The lowest BCUT2D eigenvalue weighted by atomic mass is 9.92. The van der Waals surface area contributed by atoms with Crippen molar-refractivity contribution in [1.29, 1.82) is 0 Å². The molecule has 0 fully saturated rings. The number of rotatable bonds is 2. The molecule has 2 aromatic rings. The molecule has 0 spiro atoms. The van der Waals surface area contributed by atoms with Gasteiger partial charge in [0.25, 0.3) is 0 Å². The highest BCUT2D eigenvalue weighted by atomic mass is 32.2. The maximum atomic E-state index is 11.3. The van der Waals surface area contributed by atoms with Crippen LogP contribution >= 0.6 is 0 Å². The molecule has 1 aliphatic rings. The summed E-state index contributed by atoms with van der Waals surface area (Å²) in [4.78, 5) is 21.6. The monoisotopic (exact) mass is 369 g/mol. The van der Waals surface area contributed by atoms with Crippen molar-refractivity contribution in [2.75, 3.05) is 11.0 Å². The molecule has 1 aromatic carbocycles. The van der Waals surface area contributed by atoms with E-state index in [-0.39, 0.29) is 6.04 Å². The normalized spacial score (nSPS) is 16.5. The number of aryl methyl sites for hydroxylation is 1. The van der Waals surface area contributed by atoms with Crippen molar-refractivity contribution in [1.82, 2.24) is 4.98 Å². The van der Waals surface area contributed by atoms with E-state index in [1.165, 1.54) is 11.3 Å². The maximum absolute atomic E-state index is 11.3. The minimum Gasteiger partial charge on any atom is -0.473 e. The molecule has 0 aliphatic heterocycles. The number of sulfonamides is 1. The van der Waals surface area contributed by atoms with E-state index in [4.69, 9.17) is 25.5 Å². The number of nitrogens with two attached hydrogens (primary N) is 1. The standard InChI is InChI=1S/C13H17N3O2S.C2H2O4/c1-19(17,18)16-9-3-5-13-11(7-9)10-6-8(14)2-4-12(10)15-13;3-1(4)2(5)6/h3,5,7-8,15-16H,2,4,6,14H2,1H3;(H,3,4)(H,5,6). The van der Waals surface area contributed by atoms with E-state index in [0.717, 1.165) is 36.4 Å². The van der Waals surface area contributed by atoms with Crippen LogP contribution in [-0.2, 0) is 32.5 Å². The Morgan fingerprint density at radius 3 is 2.48 bits per heavy atom. The number of carbonyl (C=O) groups is 2. The lowest BCUT2D eigenvalue weighted by Crippen LogP contribution is -2.27.